The van der Waals surface area contributed by atoms with Crippen molar-refractivity contribution in [2.24, 2.45) is 5.73 Å². The third-order valence-electron chi connectivity index (χ3n) is 1.89. The van der Waals surface area contributed by atoms with E-state index >= 15 is 0 Å². The Morgan fingerprint density at radius 1 is 1.38 bits per heavy atom. The summed E-state index contributed by atoms with van der Waals surface area (Å²) in [6, 6.07) is 3.27. The van der Waals surface area contributed by atoms with E-state index in [0.717, 1.165) is 12.1 Å². The van der Waals surface area contributed by atoms with Gasteiger partial charge in [0.05, 0.1) is 0 Å². The number of carbonyl (C=O) groups is 1. The van der Waals surface area contributed by atoms with E-state index in [1.54, 1.807) is 13.8 Å². The molecule has 3 N–H and O–H groups in total. The number of benzene rings is 1. The maximum absolute atomic E-state index is 13.2. The first-order valence-electron chi connectivity index (χ1n) is 4.82. The summed E-state index contributed by atoms with van der Waals surface area (Å²) in [6.45, 7) is 3.54. The Labute approximate surface area is 92.6 Å². The minimum Gasteiger partial charge on any atom is -0.350 e. The van der Waals surface area contributed by atoms with E-state index in [2.05, 4.69) is 5.32 Å². The summed E-state index contributed by atoms with van der Waals surface area (Å²) in [7, 11) is 0. The first kappa shape index (κ1) is 12.6. The molecule has 3 nitrogen and oxygen atoms in total. The Balaban J connectivity index is 2.81. The average molecular weight is 228 g/mol. The second-order valence-corrected chi connectivity index (χ2v) is 4.27. The zero-order chi connectivity index (χ0) is 12.3. The van der Waals surface area contributed by atoms with E-state index in [9.17, 15) is 13.6 Å². The molecule has 5 heteroatoms. The van der Waals surface area contributed by atoms with Crippen LogP contribution >= 0.6 is 0 Å². The highest BCUT2D eigenvalue weighted by Crippen LogP contribution is 2.11. The van der Waals surface area contributed by atoms with Gasteiger partial charge in [0.15, 0.2) is 0 Å². The summed E-state index contributed by atoms with van der Waals surface area (Å²) < 4.78 is 26.4. The summed E-state index contributed by atoms with van der Waals surface area (Å²) >= 11 is 0. The van der Waals surface area contributed by atoms with Crippen molar-refractivity contribution in [1.82, 2.24) is 5.32 Å². The van der Waals surface area contributed by atoms with Crippen LogP contribution in [0.4, 0.5) is 8.78 Å². The van der Waals surface area contributed by atoms with E-state index in [-0.39, 0.29) is 6.54 Å². The smallest absolute Gasteiger partial charge is 0.257 e. The number of nitrogens with two attached hydrogens (primary N) is 1. The highest BCUT2D eigenvalue weighted by Gasteiger charge is 2.19. The molecular formula is C11H14F2N2O. The van der Waals surface area contributed by atoms with Gasteiger partial charge in [-0.25, -0.2) is 8.78 Å². The van der Waals surface area contributed by atoms with Gasteiger partial charge in [-0.15, -0.1) is 0 Å². The maximum atomic E-state index is 13.2. The van der Waals surface area contributed by atoms with Crippen molar-refractivity contribution in [3.8, 4) is 0 Å². The molecule has 0 bridgehead atoms. The van der Waals surface area contributed by atoms with Crippen LogP contribution in [0.2, 0.25) is 0 Å². The van der Waals surface area contributed by atoms with Crippen LogP contribution in [0.15, 0.2) is 18.2 Å². The minimum absolute atomic E-state index is 0.138. The summed E-state index contributed by atoms with van der Waals surface area (Å²) in [6.07, 6.45) is 0. The first-order valence-corrected chi connectivity index (χ1v) is 4.82. The van der Waals surface area contributed by atoms with Gasteiger partial charge in [0.2, 0.25) is 0 Å². The minimum atomic E-state index is -0.882. The molecule has 0 unspecified atom stereocenters. The summed E-state index contributed by atoms with van der Waals surface area (Å²) in [5, 5.41) is 2.38. The van der Waals surface area contributed by atoms with Crippen LogP contribution in [0.1, 0.15) is 24.2 Å². The first-order chi connectivity index (χ1) is 7.31. The van der Waals surface area contributed by atoms with Gasteiger partial charge >= 0.3 is 0 Å². The molecule has 0 saturated carbocycles. The Morgan fingerprint density at radius 3 is 2.31 bits per heavy atom. The molecule has 0 atom stereocenters. The standard InChI is InChI=1S/C11H14F2N2O/c1-11(2,14)6-15-10(16)9-7(12)4-3-5-8(9)13/h3-5H,6,14H2,1-2H3,(H,15,16). The zero-order valence-corrected chi connectivity index (χ0v) is 9.18. The van der Waals surface area contributed by atoms with Crippen molar-refractivity contribution < 1.29 is 13.6 Å². The van der Waals surface area contributed by atoms with Gasteiger partial charge in [-0.2, -0.15) is 0 Å². The number of hydrogen-bond donors (Lipinski definition) is 2. The van der Waals surface area contributed by atoms with E-state index in [0.29, 0.717) is 0 Å². The topological polar surface area (TPSA) is 55.1 Å². The largest absolute Gasteiger partial charge is 0.350 e. The van der Waals surface area contributed by atoms with Crippen molar-refractivity contribution in [2.45, 2.75) is 19.4 Å². The van der Waals surface area contributed by atoms with Gasteiger partial charge < -0.3 is 11.1 Å². The normalized spacial score (nSPS) is 11.3. The molecule has 0 spiro atoms. The van der Waals surface area contributed by atoms with Crippen molar-refractivity contribution in [3.63, 3.8) is 0 Å². The molecule has 0 aliphatic rings. The number of amides is 1. The van der Waals surface area contributed by atoms with Gasteiger partial charge in [0, 0.05) is 12.1 Å². The summed E-state index contributed by atoms with van der Waals surface area (Å²) in [5.74, 6) is -2.56. The molecule has 0 heterocycles. The molecule has 1 rings (SSSR count). The Bertz CT molecular complexity index is 379. The second-order valence-electron chi connectivity index (χ2n) is 4.27. The fraction of sp³-hybridized carbons (Fsp3) is 0.364. The fourth-order valence-electron chi connectivity index (χ4n) is 1.11. The van der Waals surface area contributed by atoms with Crippen LogP contribution < -0.4 is 11.1 Å². The quantitative estimate of drug-likeness (QED) is 0.822. The molecular weight excluding hydrogens is 214 g/mol. The van der Waals surface area contributed by atoms with Crippen molar-refractivity contribution >= 4 is 5.91 Å². The van der Waals surface area contributed by atoms with E-state index < -0.39 is 28.6 Å². The lowest BCUT2D eigenvalue weighted by Crippen LogP contribution is -2.45. The molecule has 88 valence electrons. The van der Waals surface area contributed by atoms with Crippen molar-refractivity contribution in [2.75, 3.05) is 6.54 Å². The van der Waals surface area contributed by atoms with Crippen LogP contribution in [0.25, 0.3) is 0 Å². The van der Waals surface area contributed by atoms with Gasteiger partial charge in [-0.3, -0.25) is 4.79 Å². The molecule has 1 amide bonds. The van der Waals surface area contributed by atoms with E-state index in [1.807, 2.05) is 0 Å². The zero-order valence-electron chi connectivity index (χ0n) is 9.18. The number of nitrogens with one attached hydrogen (secondary N) is 1. The summed E-state index contributed by atoms with van der Waals surface area (Å²) in [4.78, 5) is 11.5. The third kappa shape index (κ3) is 3.27. The lowest BCUT2D eigenvalue weighted by atomic mass is 10.1. The average Bonchev–Trinajstić information content (AvgIpc) is 2.13. The molecule has 0 radical (unpaired) electrons. The van der Waals surface area contributed by atoms with Crippen LogP contribution in [0.5, 0.6) is 0 Å². The third-order valence-corrected chi connectivity index (χ3v) is 1.89. The lowest BCUT2D eigenvalue weighted by Gasteiger charge is -2.19. The molecule has 0 aromatic heterocycles. The van der Waals surface area contributed by atoms with E-state index in [1.165, 1.54) is 6.07 Å². The lowest BCUT2D eigenvalue weighted by molar-refractivity contribution is 0.0937. The van der Waals surface area contributed by atoms with Crippen molar-refractivity contribution in [1.29, 1.82) is 0 Å². The number of halogens is 2. The second kappa shape index (κ2) is 4.57. The molecule has 16 heavy (non-hydrogen) atoms. The van der Waals surface area contributed by atoms with Crippen LogP contribution in [0.3, 0.4) is 0 Å². The molecule has 0 saturated heterocycles. The molecule has 1 aromatic rings. The Hall–Kier alpha value is -1.49. The predicted octanol–water partition coefficient (Wildman–Crippen LogP) is 1.43. The SMILES string of the molecule is CC(C)(N)CNC(=O)c1c(F)cccc1F. The molecule has 0 fully saturated rings. The van der Waals surface area contributed by atoms with Gasteiger partial charge in [0.1, 0.15) is 17.2 Å². The highest BCUT2D eigenvalue weighted by atomic mass is 19.1. The Kier molecular flexibility index (Phi) is 3.59. The highest BCUT2D eigenvalue weighted by molar-refractivity contribution is 5.94. The van der Waals surface area contributed by atoms with Crippen LogP contribution in [-0.2, 0) is 0 Å². The maximum Gasteiger partial charge on any atom is 0.257 e. The Morgan fingerprint density at radius 2 is 1.88 bits per heavy atom. The van der Waals surface area contributed by atoms with E-state index in [4.69, 9.17) is 5.73 Å². The van der Waals surface area contributed by atoms with Crippen LogP contribution in [0, 0.1) is 11.6 Å². The van der Waals surface area contributed by atoms with Gasteiger partial charge in [-0.05, 0) is 26.0 Å². The van der Waals surface area contributed by atoms with Gasteiger partial charge in [0.25, 0.3) is 5.91 Å². The molecule has 0 aliphatic carbocycles. The van der Waals surface area contributed by atoms with Crippen LogP contribution in [-0.4, -0.2) is 18.0 Å². The van der Waals surface area contributed by atoms with Crippen molar-refractivity contribution in [3.05, 3.63) is 35.4 Å². The molecule has 0 aliphatic heterocycles. The molecule has 1 aromatic carbocycles. The fourth-order valence-corrected chi connectivity index (χ4v) is 1.11. The predicted molar refractivity (Wildman–Crippen MR) is 57.0 cm³/mol. The number of hydrogen-bond acceptors (Lipinski definition) is 2. The number of carbonyl (C=O) groups excluding carboxylic acids is 1. The van der Waals surface area contributed by atoms with Gasteiger partial charge in [-0.1, -0.05) is 6.07 Å². The summed E-state index contributed by atoms with van der Waals surface area (Å²) in [5.41, 5.74) is 4.43. The monoisotopic (exact) mass is 228 g/mol. The number of rotatable bonds is 3.